The van der Waals surface area contributed by atoms with Gasteiger partial charge in [0.2, 0.25) is 5.91 Å². The van der Waals surface area contributed by atoms with E-state index in [2.05, 4.69) is 11.4 Å². The smallest absolute Gasteiger partial charge is 0.267 e. The van der Waals surface area contributed by atoms with Crippen LogP contribution in [0.25, 0.3) is 15.9 Å². The Morgan fingerprint density at radius 2 is 2.16 bits per heavy atom. The molecule has 31 heavy (non-hydrogen) atoms. The van der Waals surface area contributed by atoms with Crippen LogP contribution in [0.15, 0.2) is 28.2 Å². The summed E-state index contributed by atoms with van der Waals surface area (Å²) in [4.78, 5) is 33.0. The monoisotopic (exact) mass is 457 g/mol. The van der Waals surface area contributed by atoms with Gasteiger partial charge >= 0.3 is 0 Å². The van der Waals surface area contributed by atoms with Crippen molar-refractivity contribution in [1.29, 1.82) is 0 Å². The number of thioether (sulfide) groups is 1. The van der Waals surface area contributed by atoms with Crippen molar-refractivity contribution >= 4 is 39.2 Å². The Bertz CT molecular complexity index is 1180. The van der Waals surface area contributed by atoms with Gasteiger partial charge in [0.05, 0.1) is 16.8 Å². The van der Waals surface area contributed by atoms with Crippen LogP contribution in [0, 0.1) is 13.8 Å². The Balaban J connectivity index is 1.71. The molecule has 0 bridgehead atoms. The second kappa shape index (κ2) is 9.54. The fraction of sp³-hybridized carbons (Fsp3) is 0.435. The summed E-state index contributed by atoms with van der Waals surface area (Å²) >= 11 is 2.94. The molecule has 0 unspecified atom stereocenters. The average Bonchev–Trinajstić information content (AvgIpc) is 3.31. The molecule has 2 heterocycles. The Kier molecular flexibility index (Phi) is 6.79. The number of carbonyl (C=O) groups excluding carboxylic acids is 1. The molecule has 1 aromatic carbocycles. The summed E-state index contributed by atoms with van der Waals surface area (Å²) < 4.78 is 6.71. The number of hydrogen-bond donors (Lipinski definition) is 1. The Hall–Kier alpha value is -2.16. The number of thiophene rings is 1. The molecule has 2 aromatic heterocycles. The number of fused-ring (bicyclic) bond motifs is 3. The van der Waals surface area contributed by atoms with Crippen LogP contribution < -0.4 is 10.9 Å². The molecule has 0 saturated carbocycles. The number of nitrogens with one attached hydrogen (secondary N) is 1. The van der Waals surface area contributed by atoms with E-state index >= 15 is 0 Å². The SMILES string of the molecule is COCCCNC(=O)CSc1nc2sc3c(c2c(=O)n1-c1ccc(C)cc1C)CCC3. The lowest BCUT2D eigenvalue weighted by Gasteiger charge is -2.15. The molecule has 1 amide bonds. The Labute approximate surface area is 190 Å². The number of aryl methyl sites for hydroxylation is 4. The first kappa shape index (κ1) is 22.0. The maximum Gasteiger partial charge on any atom is 0.267 e. The number of nitrogens with zero attached hydrogens (tertiary/aromatic N) is 2. The van der Waals surface area contributed by atoms with E-state index in [1.54, 1.807) is 23.0 Å². The van der Waals surface area contributed by atoms with Crippen molar-refractivity contribution in [2.75, 3.05) is 26.0 Å². The topological polar surface area (TPSA) is 73.2 Å². The lowest BCUT2D eigenvalue weighted by molar-refractivity contribution is -0.118. The van der Waals surface area contributed by atoms with Crippen molar-refractivity contribution in [2.24, 2.45) is 0 Å². The Morgan fingerprint density at radius 3 is 2.94 bits per heavy atom. The first-order chi connectivity index (χ1) is 15.0. The molecule has 0 radical (unpaired) electrons. The summed E-state index contributed by atoms with van der Waals surface area (Å²) in [6, 6.07) is 6.05. The predicted octanol–water partition coefficient (Wildman–Crippen LogP) is 3.80. The number of aromatic nitrogens is 2. The molecule has 0 fully saturated rings. The average molecular weight is 458 g/mol. The van der Waals surface area contributed by atoms with Crippen LogP contribution >= 0.6 is 23.1 Å². The molecule has 1 aliphatic carbocycles. The zero-order valence-electron chi connectivity index (χ0n) is 18.1. The summed E-state index contributed by atoms with van der Waals surface area (Å²) in [5.74, 6) is 0.136. The lowest BCUT2D eigenvalue weighted by atomic mass is 10.1. The van der Waals surface area contributed by atoms with Crippen LogP contribution in [0.2, 0.25) is 0 Å². The van der Waals surface area contributed by atoms with Gasteiger partial charge in [-0.3, -0.25) is 14.2 Å². The highest BCUT2D eigenvalue weighted by molar-refractivity contribution is 7.99. The first-order valence-electron chi connectivity index (χ1n) is 10.5. The summed E-state index contributed by atoms with van der Waals surface area (Å²) in [6.45, 7) is 5.23. The van der Waals surface area contributed by atoms with Gasteiger partial charge in [-0.15, -0.1) is 11.3 Å². The van der Waals surface area contributed by atoms with Crippen molar-refractivity contribution in [1.82, 2.24) is 14.9 Å². The van der Waals surface area contributed by atoms with Crippen molar-refractivity contribution in [3.8, 4) is 5.69 Å². The molecule has 1 aliphatic rings. The molecular formula is C23H27N3O3S2. The minimum atomic E-state index is -0.0729. The minimum Gasteiger partial charge on any atom is -0.385 e. The molecule has 1 N–H and O–H groups in total. The molecule has 0 spiro atoms. The van der Waals surface area contributed by atoms with E-state index in [1.807, 2.05) is 26.0 Å². The lowest BCUT2D eigenvalue weighted by Crippen LogP contribution is -2.28. The number of amides is 1. The predicted molar refractivity (Wildman–Crippen MR) is 127 cm³/mol. The van der Waals surface area contributed by atoms with Gasteiger partial charge in [0.1, 0.15) is 4.83 Å². The van der Waals surface area contributed by atoms with Crippen LogP contribution in [0.1, 0.15) is 34.4 Å². The van der Waals surface area contributed by atoms with Crippen molar-refractivity contribution in [3.05, 3.63) is 50.1 Å². The summed E-state index contributed by atoms with van der Waals surface area (Å²) in [5, 5.41) is 4.22. The maximum atomic E-state index is 13.7. The second-order valence-corrected chi connectivity index (χ2v) is 9.87. The van der Waals surface area contributed by atoms with Gasteiger partial charge in [0.15, 0.2) is 5.16 Å². The third-order valence-electron chi connectivity index (χ3n) is 5.48. The number of carbonyl (C=O) groups is 1. The largest absolute Gasteiger partial charge is 0.385 e. The molecule has 0 aliphatic heterocycles. The van der Waals surface area contributed by atoms with Gasteiger partial charge in [-0.2, -0.15) is 0 Å². The van der Waals surface area contributed by atoms with Gasteiger partial charge in [-0.1, -0.05) is 29.5 Å². The van der Waals surface area contributed by atoms with E-state index in [-0.39, 0.29) is 17.2 Å². The normalized spacial score (nSPS) is 13.0. The quantitative estimate of drug-likeness (QED) is 0.316. The first-order valence-corrected chi connectivity index (χ1v) is 12.3. The molecule has 0 atom stereocenters. The van der Waals surface area contributed by atoms with Crippen molar-refractivity contribution < 1.29 is 9.53 Å². The fourth-order valence-corrected chi connectivity index (χ4v) is 6.15. The van der Waals surface area contributed by atoms with Gasteiger partial charge in [-0.25, -0.2) is 4.98 Å². The van der Waals surface area contributed by atoms with Crippen LogP contribution in [0.5, 0.6) is 0 Å². The number of rotatable bonds is 8. The van der Waals surface area contributed by atoms with Crippen molar-refractivity contribution in [2.45, 2.75) is 44.7 Å². The zero-order chi connectivity index (χ0) is 22.0. The van der Waals surface area contributed by atoms with E-state index in [4.69, 9.17) is 9.72 Å². The molecule has 3 aromatic rings. The fourth-order valence-electron chi connectivity index (χ4n) is 4.02. The van der Waals surface area contributed by atoms with Gasteiger partial charge < -0.3 is 10.1 Å². The van der Waals surface area contributed by atoms with E-state index in [0.29, 0.717) is 18.3 Å². The summed E-state index contributed by atoms with van der Waals surface area (Å²) in [7, 11) is 1.65. The minimum absolute atomic E-state index is 0.0284. The summed E-state index contributed by atoms with van der Waals surface area (Å²) in [6.07, 6.45) is 3.83. The molecule has 164 valence electrons. The van der Waals surface area contributed by atoms with Gasteiger partial charge in [-0.05, 0) is 56.7 Å². The van der Waals surface area contributed by atoms with Crippen LogP contribution in [-0.4, -0.2) is 41.5 Å². The third-order valence-corrected chi connectivity index (χ3v) is 7.61. The molecule has 6 nitrogen and oxygen atoms in total. The molecule has 0 saturated heterocycles. The molecule has 8 heteroatoms. The van der Waals surface area contributed by atoms with E-state index in [1.165, 1.54) is 22.2 Å². The zero-order valence-corrected chi connectivity index (χ0v) is 19.8. The summed E-state index contributed by atoms with van der Waals surface area (Å²) in [5.41, 5.74) is 4.12. The Morgan fingerprint density at radius 1 is 1.32 bits per heavy atom. The van der Waals surface area contributed by atoms with Gasteiger partial charge in [0.25, 0.3) is 5.56 Å². The highest BCUT2D eigenvalue weighted by Gasteiger charge is 2.24. The number of benzene rings is 1. The second-order valence-electron chi connectivity index (χ2n) is 7.85. The number of ether oxygens (including phenoxy) is 1. The van der Waals surface area contributed by atoms with E-state index in [0.717, 1.165) is 52.7 Å². The van der Waals surface area contributed by atoms with Crippen molar-refractivity contribution in [3.63, 3.8) is 0 Å². The van der Waals surface area contributed by atoms with Crippen LogP contribution in [-0.2, 0) is 22.4 Å². The molecule has 4 rings (SSSR count). The number of hydrogen-bond acceptors (Lipinski definition) is 6. The molecular weight excluding hydrogens is 430 g/mol. The standard InChI is InChI=1S/C23H27N3O3S2/c1-14-8-9-17(15(2)12-14)26-22(28)20-16-6-4-7-18(16)31-21(20)25-23(26)30-13-19(27)24-10-5-11-29-3/h8-9,12H,4-7,10-11,13H2,1-3H3,(H,24,27). The number of methoxy groups -OCH3 is 1. The third kappa shape index (κ3) is 4.56. The highest BCUT2D eigenvalue weighted by atomic mass is 32.2. The van der Waals surface area contributed by atoms with Crippen LogP contribution in [0.3, 0.4) is 0 Å². The van der Waals surface area contributed by atoms with Gasteiger partial charge in [0, 0.05) is 25.1 Å². The highest BCUT2D eigenvalue weighted by Crippen LogP contribution is 2.36. The van der Waals surface area contributed by atoms with E-state index in [9.17, 15) is 9.59 Å². The van der Waals surface area contributed by atoms with Crippen LogP contribution in [0.4, 0.5) is 0 Å². The maximum absolute atomic E-state index is 13.7. The van der Waals surface area contributed by atoms with E-state index < -0.39 is 0 Å².